The Labute approximate surface area is 159 Å². The van der Waals surface area contributed by atoms with Gasteiger partial charge < -0.3 is 14.9 Å². The highest BCUT2D eigenvalue weighted by molar-refractivity contribution is 5.96. The largest absolute Gasteiger partial charge is 0.395 e. The van der Waals surface area contributed by atoms with Crippen molar-refractivity contribution in [3.63, 3.8) is 0 Å². The molecule has 0 saturated carbocycles. The predicted octanol–water partition coefficient (Wildman–Crippen LogP) is 2.26. The van der Waals surface area contributed by atoms with Crippen LogP contribution in [0.1, 0.15) is 11.1 Å². The van der Waals surface area contributed by atoms with Gasteiger partial charge in [-0.15, -0.1) is 0 Å². The molecule has 0 unspecified atom stereocenters. The minimum absolute atomic E-state index is 0.0219. The number of nitrogens with zero attached hydrogens (tertiary/aromatic N) is 3. The number of rotatable bonds is 7. The van der Waals surface area contributed by atoms with Crippen molar-refractivity contribution in [1.82, 2.24) is 9.80 Å². The van der Waals surface area contributed by atoms with Gasteiger partial charge in [0, 0.05) is 31.9 Å². The van der Waals surface area contributed by atoms with Crippen LogP contribution in [0.2, 0.25) is 0 Å². The van der Waals surface area contributed by atoms with Crippen molar-refractivity contribution in [1.29, 1.82) is 0 Å². The SMILES string of the molecule is Cc1ccc(N2CCN(CC(=O)N(CCO)Cc3ccccc3)C2=O)cc1. The summed E-state index contributed by atoms with van der Waals surface area (Å²) in [7, 11) is 0. The Hall–Kier alpha value is -2.86. The van der Waals surface area contributed by atoms with Crippen LogP contribution >= 0.6 is 0 Å². The zero-order chi connectivity index (χ0) is 19.2. The van der Waals surface area contributed by atoms with Gasteiger partial charge in [0.15, 0.2) is 0 Å². The summed E-state index contributed by atoms with van der Waals surface area (Å²) in [6.07, 6.45) is 0. The summed E-state index contributed by atoms with van der Waals surface area (Å²) in [6.45, 7) is 3.66. The van der Waals surface area contributed by atoms with Crippen LogP contribution in [0.3, 0.4) is 0 Å². The van der Waals surface area contributed by atoms with Gasteiger partial charge in [-0.05, 0) is 24.6 Å². The first-order chi connectivity index (χ1) is 13.1. The highest BCUT2D eigenvalue weighted by Crippen LogP contribution is 2.21. The fraction of sp³-hybridized carbons (Fsp3) is 0.333. The number of urea groups is 1. The van der Waals surface area contributed by atoms with Crippen molar-refractivity contribution < 1.29 is 14.7 Å². The van der Waals surface area contributed by atoms with Gasteiger partial charge in [-0.2, -0.15) is 0 Å². The summed E-state index contributed by atoms with van der Waals surface area (Å²) in [5, 5.41) is 9.31. The van der Waals surface area contributed by atoms with Crippen LogP contribution < -0.4 is 4.90 Å². The predicted molar refractivity (Wildman–Crippen MR) is 104 cm³/mol. The number of benzene rings is 2. The van der Waals surface area contributed by atoms with E-state index in [0.717, 1.165) is 16.8 Å². The maximum atomic E-state index is 12.7. The molecule has 0 aliphatic carbocycles. The second kappa shape index (κ2) is 8.68. The lowest BCUT2D eigenvalue weighted by atomic mass is 10.2. The average Bonchev–Trinajstić information content (AvgIpc) is 3.03. The van der Waals surface area contributed by atoms with E-state index in [1.807, 2.05) is 61.5 Å². The first-order valence-electron chi connectivity index (χ1n) is 9.14. The lowest BCUT2D eigenvalue weighted by Crippen LogP contribution is -2.43. The van der Waals surface area contributed by atoms with Gasteiger partial charge in [0.2, 0.25) is 5.91 Å². The lowest BCUT2D eigenvalue weighted by molar-refractivity contribution is -0.132. The van der Waals surface area contributed by atoms with Crippen LogP contribution in [0.5, 0.6) is 0 Å². The van der Waals surface area contributed by atoms with Crippen LogP contribution in [-0.4, -0.2) is 59.6 Å². The third-order valence-corrected chi connectivity index (χ3v) is 4.71. The number of anilines is 1. The summed E-state index contributed by atoms with van der Waals surface area (Å²) >= 11 is 0. The minimum Gasteiger partial charge on any atom is -0.395 e. The van der Waals surface area contributed by atoms with Crippen LogP contribution in [-0.2, 0) is 11.3 Å². The summed E-state index contributed by atoms with van der Waals surface area (Å²) in [5.41, 5.74) is 2.98. The van der Waals surface area contributed by atoms with Gasteiger partial charge in [-0.1, -0.05) is 48.0 Å². The van der Waals surface area contributed by atoms with Gasteiger partial charge in [0.1, 0.15) is 6.54 Å². The molecule has 2 aromatic rings. The molecule has 1 saturated heterocycles. The van der Waals surface area contributed by atoms with Crippen molar-refractivity contribution in [3.8, 4) is 0 Å². The number of carbonyl (C=O) groups excluding carboxylic acids is 2. The van der Waals surface area contributed by atoms with E-state index in [0.29, 0.717) is 19.6 Å². The van der Waals surface area contributed by atoms with Crippen molar-refractivity contribution in [2.75, 3.05) is 37.7 Å². The number of aliphatic hydroxyl groups excluding tert-OH is 1. The maximum absolute atomic E-state index is 12.7. The highest BCUT2D eigenvalue weighted by atomic mass is 16.3. The zero-order valence-corrected chi connectivity index (χ0v) is 15.5. The molecule has 1 fully saturated rings. The molecule has 1 aliphatic heterocycles. The van der Waals surface area contributed by atoms with E-state index in [1.165, 1.54) is 0 Å². The molecular formula is C21H25N3O3. The van der Waals surface area contributed by atoms with E-state index in [9.17, 15) is 14.7 Å². The molecular weight excluding hydrogens is 342 g/mol. The Bertz CT molecular complexity index is 777. The fourth-order valence-electron chi connectivity index (χ4n) is 3.17. The van der Waals surface area contributed by atoms with Crippen LogP contribution in [0.15, 0.2) is 54.6 Å². The van der Waals surface area contributed by atoms with E-state index in [-0.39, 0.29) is 31.6 Å². The molecule has 0 spiro atoms. The molecule has 27 heavy (non-hydrogen) atoms. The Kier molecular flexibility index (Phi) is 6.08. The van der Waals surface area contributed by atoms with Crippen LogP contribution in [0.4, 0.5) is 10.5 Å². The van der Waals surface area contributed by atoms with E-state index >= 15 is 0 Å². The summed E-state index contributed by atoms with van der Waals surface area (Å²) < 4.78 is 0. The smallest absolute Gasteiger partial charge is 0.325 e. The van der Waals surface area contributed by atoms with E-state index in [2.05, 4.69) is 0 Å². The first-order valence-corrected chi connectivity index (χ1v) is 9.14. The van der Waals surface area contributed by atoms with Crippen LogP contribution in [0.25, 0.3) is 0 Å². The Morgan fingerprint density at radius 1 is 1.07 bits per heavy atom. The van der Waals surface area contributed by atoms with Gasteiger partial charge >= 0.3 is 6.03 Å². The fourth-order valence-corrected chi connectivity index (χ4v) is 3.17. The molecule has 1 heterocycles. The second-order valence-corrected chi connectivity index (χ2v) is 6.72. The molecule has 6 nitrogen and oxygen atoms in total. The monoisotopic (exact) mass is 367 g/mol. The van der Waals surface area contributed by atoms with E-state index in [4.69, 9.17) is 0 Å². The average molecular weight is 367 g/mol. The van der Waals surface area contributed by atoms with E-state index in [1.54, 1.807) is 14.7 Å². The Morgan fingerprint density at radius 2 is 1.78 bits per heavy atom. The molecule has 0 aromatic heterocycles. The molecule has 6 heteroatoms. The maximum Gasteiger partial charge on any atom is 0.325 e. The number of aryl methyl sites for hydroxylation is 1. The molecule has 0 radical (unpaired) electrons. The number of aliphatic hydroxyl groups is 1. The molecule has 142 valence electrons. The lowest BCUT2D eigenvalue weighted by Gasteiger charge is -2.25. The Balaban J connectivity index is 1.63. The molecule has 1 N–H and O–H groups in total. The topological polar surface area (TPSA) is 64.1 Å². The summed E-state index contributed by atoms with van der Waals surface area (Å²) in [6, 6.07) is 17.3. The van der Waals surface area contributed by atoms with Crippen LogP contribution in [0, 0.1) is 6.92 Å². The number of hydrogen-bond donors (Lipinski definition) is 1. The van der Waals surface area contributed by atoms with Gasteiger partial charge in [0.25, 0.3) is 0 Å². The van der Waals surface area contributed by atoms with Crippen molar-refractivity contribution in [2.24, 2.45) is 0 Å². The number of hydrogen-bond acceptors (Lipinski definition) is 3. The molecule has 3 rings (SSSR count). The molecule has 1 aliphatic rings. The van der Waals surface area contributed by atoms with Crippen molar-refractivity contribution in [2.45, 2.75) is 13.5 Å². The van der Waals surface area contributed by atoms with Gasteiger partial charge in [-0.25, -0.2) is 4.79 Å². The first kappa shape index (κ1) is 18.9. The minimum atomic E-state index is -0.160. The third-order valence-electron chi connectivity index (χ3n) is 4.71. The molecule has 0 atom stereocenters. The van der Waals surface area contributed by atoms with E-state index < -0.39 is 0 Å². The Morgan fingerprint density at radius 3 is 2.44 bits per heavy atom. The number of carbonyl (C=O) groups is 2. The summed E-state index contributed by atoms with van der Waals surface area (Å²) in [5.74, 6) is -0.160. The van der Waals surface area contributed by atoms with Crippen molar-refractivity contribution in [3.05, 3.63) is 65.7 Å². The number of amides is 3. The highest BCUT2D eigenvalue weighted by Gasteiger charge is 2.31. The van der Waals surface area contributed by atoms with Gasteiger partial charge in [-0.3, -0.25) is 9.69 Å². The zero-order valence-electron chi connectivity index (χ0n) is 15.5. The standard InChI is InChI=1S/C21H25N3O3/c1-17-7-9-19(10-8-17)24-12-11-23(21(24)27)16-20(26)22(13-14-25)15-18-5-3-2-4-6-18/h2-10,25H,11-16H2,1H3. The normalized spacial score (nSPS) is 13.9. The van der Waals surface area contributed by atoms with Gasteiger partial charge in [0.05, 0.1) is 6.61 Å². The molecule has 0 bridgehead atoms. The second-order valence-electron chi connectivity index (χ2n) is 6.72. The van der Waals surface area contributed by atoms with Crippen molar-refractivity contribution >= 4 is 17.6 Å². The molecule has 2 aromatic carbocycles. The quantitative estimate of drug-likeness (QED) is 0.816. The summed E-state index contributed by atoms with van der Waals surface area (Å²) in [4.78, 5) is 30.3. The third kappa shape index (κ3) is 4.65. The molecule has 3 amide bonds.